The lowest BCUT2D eigenvalue weighted by Gasteiger charge is -2.18. The van der Waals surface area contributed by atoms with Crippen LogP contribution in [0.3, 0.4) is 0 Å². The van der Waals surface area contributed by atoms with Gasteiger partial charge in [-0.25, -0.2) is 0 Å². The van der Waals surface area contributed by atoms with Crippen LogP contribution in [0.1, 0.15) is 24.1 Å². The number of benzene rings is 2. The molecular weight excluding hydrogens is 312 g/mol. The third-order valence-electron chi connectivity index (χ3n) is 4.49. The number of aryl methyl sites for hydroxylation is 1. The number of hydrogen-bond donors (Lipinski definition) is 1. The number of nitrogens with zero attached hydrogens (tertiary/aromatic N) is 1. The van der Waals surface area contributed by atoms with Crippen LogP contribution >= 0.6 is 0 Å². The van der Waals surface area contributed by atoms with Crippen LogP contribution in [-0.2, 0) is 11.2 Å². The maximum Gasteiger partial charge on any atom is 0.252 e. The molecule has 1 amide bonds. The lowest BCUT2D eigenvalue weighted by molar-refractivity contribution is -0.123. The van der Waals surface area contributed by atoms with Crippen molar-refractivity contribution in [3.05, 3.63) is 82.1 Å². The molecule has 1 heterocycles. The highest BCUT2D eigenvalue weighted by Gasteiger charge is 2.18. The van der Waals surface area contributed by atoms with Crippen molar-refractivity contribution in [2.24, 2.45) is 0 Å². The van der Waals surface area contributed by atoms with Crippen LogP contribution in [0.25, 0.3) is 10.9 Å². The molecule has 0 aliphatic rings. The quantitative estimate of drug-likeness (QED) is 0.779. The van der Waals surface area contributed by atoms with Gasteiger partial charge in [0.05, 0.1) is 5.52 Å². The molecule has 0 fully saturated rings. The molecule has 0 aliphatic carbocycles. The van der Waals surface area contributed by atoms with E-state index >= 15 is 0 Å². The summed E-state index contributed by atoms with van der Waals surface area (Å²) in [6, 6.07) is 18.7. The fourth-order valence-corrected chi connectivity index (χ4v) is 3.11. The number of pyridine rings is 1. The first-order valence-corrected chi connectivity index (χ1v) is 8.50. The molecule has 1 unspecified atom stereocenters. The fraction of sp³-hybridized carbons (Fsp3) is 0.238. The van der Waals surface area contributed by atoms with E-state index in [0.717, 1.165) is 22.9 Å². The topological polar surface area (TPSA) is 51.1 Å². The third-order valence-corrected chi connectivity index (χ3v) is 4.49. The molecule has 4 heteroatoms. The van der Waals surface area contributed by atoms with Crippen molar-refractivity contribution in [1.82, 2.24) is 9.88 Å². The minimum Gasteiger partial charge on any atom is -0.354 e. The Kier molecular flexibility index (Phi) is 4.98. The Morgan fingerprint density at radius 2 is 1.76 bits per heavy atom. The summed E-state index contributed by atoms with van der Waals surface area (Å²) in [5, 5.41) is 3.93. The maximum atomic E-state index is 12.5. The zero-order valence-electron chi connectivity index (χ0n) is 14.5. The van der Waals surface area contributed by atoms with Crippen molar-refractivity contribution in [2.45, 2.75) is 26.3 Å². The zero-order chi connectivity index (χ0) is 17.8. The summed E-state index contributed by atoms with van der Waals surface area (Å²) >= 11 is 0. The molecule has 3 aromatic rings. The molecule has 25 heavy (non-hydrogen) atoms. The fourth-order valence-electron chi connectivity index (χ4n) is 3.11. The van der Waals surface area contributed by atoms with E-state index in [1.165, 1.54) is 5.56 Å². The number of rotatable bonds is 5. The van der Waals surface area contributed by atoms with Gasteiger partial charge in [-0.05, 0) is 37.5 Å². The number of hydrogen-bond acceptors (Lipinski definition) is 2. The molecule has 0 bridgehead atoms. The Bertz CT molecular complexity index is 945. The molecule has 1 aromatic heterocycles. The summed E-state index contributed by atoms with van der Waals surface area (Å²) in [5.74, 6) is -0.146. The van der Waals surface area contributed by atoms with Crippen molar-refractivity contribution in [3.8, 4) is 0 Å². The normalized spacial score (nSPS) is 12.1. The Morgan fingerprint density at radius 3 is 2.52 bits per heavy atom. The smallest absolute Gasteiger partial charge is 0.252 e. The van der Waals surface area contributed by atoms with Crippen molar-refractivity contribution < 1.29 is 4.79 Å². The van der Waals surface area contributed by atoms with Gasteiger partial charge in [0.25, 0.3) is 5.56 Å². The van der Waals surface area contributed by atoms with Crippen LogP contribution in [0, 0.1) is 6.92 Å². The average Bonchev–Trinajstić information content (AvgIpc) is 2.62. The Hall–Kier alpha value is -2.88. The minimum atomic E-state index is -0.561. The van der Waals surface area contributed by atoms with E-state index in [0.29, 0.717) is 6.54 Å². The number of carbonyl (C=O) groups excluding carboxylic acids is 1. The summed E-state index contributed by atoms with van der Waals surface area (Å²) in [4.78, 5) is 25.0. The molecule has 0 aliphatic heterocycles. The van der Waals surface area contributed by atoms with Crippen LogP contribution in [0.2, 0.25) is 0 Å². The van der Waals surface area contributed by atoms with Gasteiger partial charge in [-0.15, -0.1) is 0 Å². The van der Waals surface area contributed by atoms with E-state index in [1.54, 1.807) is 17.6 Å². The second-order valence-corrected chi connectivity index (χ2v) is 6.26. The molecule has 0 saturated carbocycles. The van der Waals surface area contributed by atoms with Gasteiger partial charge in [-0.2, -0.15) is 0 Å². The number of aromatic nitrogens is 1. The van der Waals surface area contributed by atoms with Gasteiger partial charge in [-0.1, -0.05) is 48.5 Å². The highest BCUT2D eigenvalue weighted by atomic mass is 16.2. The monoisotopic (exact) mass is 334 g/mol. The highest BCUT2D eigenvalue weighted by molar-refractivity contribution is 5.86. The molecule has 1 atom stereocenters. The van der Waals surface area contributed by atoms with E-state index < -0.39 is 6.04 Å². The van der Waals surface area contributed by atoms with Crippen LogP contribution in [-0.4, -0.2) is 17.0 Å². The Balaban J connectivity index is 1.78. The summed E-state index contributed by atoms with van der Waals surface area (Å²) < 4.78 is 1.57. The summed E-state index contributed by atoms with van der Waals surface area (Å²) in [5.41, 5.74) is 2.74. The molecule has 4 nitrogen and oxygen atoms in total. The van der Waals surface area contributed by atoms with Crippen LogP contribution in [0.4, 0.5) is 0 Å². The van der Waals surface area contributed by atoms with Gasteiger partial charge in [0.2, 0.25) is 5.91 Å². The minimum absolute atomic E-state index is 0.146. The maximum absolute atomic E-state index is 12.5. The lowest BCUT2D eigenvalue weighted by atomic mass is 10.1. The van der Waals surface area contributed by atoms with Crippen LogP contribution in [0.5, 0.6) is 0 Å². The van der Waals surface area contributed by atoms with Gasteiger partial charge in [0, 0.05) is 18.0 Å². The number of nitrogens with one attached hydrogen (secondary N) is 1. The first kappa shape index (κ1) is 17.0. The van der Waals surface area contributed by atoms with E-state index in [-0.39, 0.29) is 11.5 Å². The molecule has 0 saturated heterocycles. The summed E-state index contributed by atoms with van der Waals surface area (Å²) in [6.07, 6.45) is 0.767. The zero-order valence-corrected chi connectivity index (χ0v) is 14.5. The van der Waals surface area contributed by atoms with Gasteiger partial charge in [-0.3, -0.25) is 14.2 Å². The molecule has 128 valence electrons. The van der Waals surface area contributed by atoms with Crippen molar-refractivity contribution in [3.63, 3.8) is 0 Å². The van der Waals surface area contributed by atoms with Gasteiger partial charge in [0.1, 0.15) is 6.04 Å². The van der Waals surface area contributed by atoms with Gasteiger partial charge >= 0.3 is 0 Å². The number of carbonyl (C=O) groups is 1. The second kappa shape index (κ2) is 7.34. The lowest BCUT2D eigenvalue weighted by Crippen LogP contribution is -2.36. The van der Waals surface area contributed by atoms with E-state index in [1.807, 2.05) is 61.5 Å². The number of fused-ring (bicyclic) bond motifs is 1. The van der Waals surface area contributed by atoms with Gasteiger partial charge < -0.3 is 5.32 Å². The third kappa shape index (κ3) is 3.63. The molecule has 0 radical (unpaired) electrons. The SMILES string of the molecule is Cc1cc(=O)n(C(C)C(=O)NCCc2ccccc2)c2ccccc12. The predicted octanol–water partition coefficient (Wildman–Crippen LogP) is 3.23. The summed E-state index contributed by atoms with van der Waals surface area (Å²) in [7, 11) is 0. The Labute approximate surface area is 147 Å². The van der Waals surface area contributed by atoms with Crippen molar-refractivity contribution in [1.29, 1.82) is 0 Å². The number of para-hydroxylation sites is 1. The largest absolute Gasteiger partial charge is 0.354 e. The molecule has 1 N–H and O–H groups in total. The summed E-state index contributed by atoms with van der Waals surface area (Å²) in [6.45, 7) is 4.23. The van der Waals surface area contributed by atoms with E-state index in [2.05, 4.69) is 5.32 Å². The standard InChI is InChI=1S/C21H22N2O2/c1-15-14-20(24)23(19-11-7-6-10-18(15)19)16(2)21(25)22-13-12-17-8-4-3-5-9-17/h3-11,14,16H,12-13H2,1-2H3,(H,22,25). The molecular formula is C21H22N2O2. The Morgan fingerprint density at radius 1 is 1.08 bits per heavy atom. The molecule has 2 aromatic carbocycles. The van der Waals surface area contributed by atoms with Crippen LogP contribution in [0.15, 0.2) is 65.5 Å². The average molecular weight is 334 g/mol. The molecule has 0 spiro atoms. The van der Waals surface area contributed by atoms with E-state index in [4.69, 9.17) is 0 Å². The second-order valence-electron chi connectivity index (χ2n) is 6.26. The van der Waals surface area contributed by atoms with E-state index in [9.17, 15) is 9.59 Å². The van der Waals surface area contributed by atoms with Crippen molar-refractivity contribution in [2.75, 3.05) is 6.54 Å². The van der Waals surface area contributed by atoms with Crippen molar-refractivity contribution >= 4 is 16.8 Å². The molecule has 3 rings (SSSR count). The highest BCUT2D eigenvalue weighted by Crippen LogP contribution is 2.19. The first-order valence-electron chi connectivity index (χ1n) is 8.50. The first-order chi connectivity index (χ1) is 12.1. The van der Waals surface area contributed by atoms with Gasteiger partial charge in [0.15, 0.2) is 0 Å². The number of amides is 1. The van der Waals surface area contributed by atoms with Crippen LogP contribution < -0.4 is 10.9 Å². The predicted molar refractivity (Wildman–Crippen MR) is 101 cm³/mol.